The number of hydrogen-bond acceptors (Lipinski definition) is 2. The van der Waals surface area contributed by atoms with Crippen LogP contribution in [0.25, 0.3) is 0 Å². The lowest BCUT2D eigenvalue weighted by Gasteiger charge is -2.28. The smallest absolute Gasteiger partial charge is 0.156 e. The number of benzene rings is 1. The second kappa shape index (κ2) is 6.28. The van der Waals surface area contributed by atoms with Gasteiger partial charge in [-0.15, -0.1) is 0 Å². The molecule has 1 aromatic carbocycles. The molecule has 0 aromatic heterocycles. The quantitative estimate of drug-likeness (QED) is 0.904. The lowest BCUT2D eigenvalue weighted by Crippen LogP contribution is -2.41. The Morgan fingerprint density at radius 3 is 2.94 bits per heavy atom. The van der Waals surface area contributed by atoms with E-state index in [1.807, 2.05) is 11.8 Å². The molecule has 0 spiro atoms. The predicted molar refractivity (Wildman–Crippen MR) is 81.4 cm³/mol. The molecule has 0 radical (unpaired) electrons. The van der Waals surface area contributed by atoms with Crippen LogP contribution in [0.15, 0.2) is 29.3 Å². The molecule has 0 aliphatic carbocycles. The fourth-order valence-electron chi connectivity index (χ4n) is 1.98. The second-order valence-electron chi connectivity index (χ2n) is 5.15. The van der Waals surface area contributed by atoms with Crippen LogP contribution < -0.4 is 5.32 Å². The van der Waals surface area contributed by atoms with Gasteiger partial charge in [-0.05, 0) is 31.7 Å². The summed E-state index contributed by atoms with van der Waals surface area (Å²) in [5.41, 5.74) is 2.70. The van der Waals surface area contributed by atoms with E-state index in [2.05, 4.69) is 55.3 Å². The van der Waals surface area contributed by atoms with Crippen LogP contribution in [0.3, 0.4) is 0 Å². The molecule has 2 unspecified atom stereocenters. The maximum Gasteiger partial charge on any atom is 0.156 e. The highest BCUT2D eigenvalue weighted by Gasteiger charge is 2.20. The van der Waals surface area contributed by atoms with Crippen LogP contribution in [0.2, 0.25) is 0 Å². The van der Waals surface area contributed by atoms with E-state index < -0.39 is 0 Å². The minimum atomic E-state index is 0.545. The van der Waals surface area contributed by atoms with Crippen LogP contribution >= 0.6 is 11.8 Å². The Bertz CT molecular complexity index is 428. The minimum absolute atomic E-state index is 0.545. The van der Waals surface area contributed by atoms with Gasteiger partial charge in [-0.25, -0.2) is 0 Å². The first kappa shape index (κ1) is 13.5. The molecule has 1 saturated heterocycles. The van der Waals surface area contributed by atoms with Crippen molar-refractivity contribution < 1.29 is 0 Å². The maximum atomic E-state index is 4.66. The van der Waals surface area contributed by atoms with E-state index in [0.717, 1.165) is 24.1 Å². The summed E-state index contributed by atoms with van der Waals surface area (Å²) in [5, 5.41) is 4.60. The van der Waals surface area contributed by atoms with Gasteiger partial charge in [0.25, 0.3) is 0 Å². The molecule has 1 N–H and O–H groups in total. The highest BCUT2D eigenvalue weighted by molar-refractivity contribution is 8.13. The van der Waals surface area contributed by atoms with Crippen LogP contribution in [-0.2, 0) is 6.42 Å². The lowest BCUT2D eigenvalue weighted by atomic mass is 10.1. The number of hydrogen-bond donors (Lipinski definition) is 1. The number of thioether (sulfide) groups is 1. The Balaban J connectivity index is 1.84. The number of amidine groups is 1. The second-order valence-corrected chi connectivity index (χ2v) is 6.16. The molecule has 2 rings (SSSR count). The predicted octanol–water partition coefficient (Wildman–Crippen LogP) is 3.25. The van der Waals surface area contributed by atoms with Crippen molar-refractivity contribution in [1.82, 2.24) is 5.32 Å². The molecule has 0 amide bonds. The summed E-state index contributed by atoms with van der Waals surface area (Å²) in [6.45, 7) is 7.53. The Kier molecular flexibility index (Phi) is 4.70. The van der Waals surface area contributed by atoms with Gasteiger partial charge in [-0.1, -0.05) is 48.5 Å². The average Bonchev–Trinajstić information content (AvgIpc) is 2.34. The van der Waals surface area contributed by atoms with E-state index in [-0.39, 0.29) is 0 Å². The number of nitrogens with zero attached hydrogens (tertiary/aromatic N) is 1. The Labute approximate surface area is 114 Å². The Morgan fingerprint density at radius 2 is 2.22 bits per heavy atom. The fraction of sp³-hybridized carbons (Fsp3) is 0.533. The van der Waals surface area contributed by atoms with Gasteiger partial charge in [0.1, 0.15) is 0 Å². The zero-order valence-corrected chi connectivity index (χ0v) is 12.3. The van der Waals surface area contributed by atoms with E-state index in [1.165, 1.54) is 16.9 Å². The van der Waals surface area contributed by atoms with Gasteiger partial charge >= 0.3 is 0 Å². The maximum absolute atomic E-state index is 4.66. The van der Waals surface area contributed by atoms with Crippen LogP contribution in [0.4, 0.5) is 0 Å². The number of aryl methyl sites for hydroxylation is 1. The van der Waals surface area contributed by atoms with E-state index in [0.29, 0.717) is 6.04 Å². The van der Waals surface area contributed by atoms with Crippen molar-refractivity contribution in [2.24, 2.45) is 10.9 Å². The first-order valence-corrected chi connectivity index (χ1v) is 7.63. The van der Waals surface area contributed by atoms with Gasteiger partial charge in [0, 0.05) is 18.3 Å². The summed E-state index contributed by atoms with van der Waals surface area (Å²) in [5.74, 6) is 1.91. The van der Waals surface area contributed by atoms with E-state index >= 15 is 0 Å². The number of nitrogens with one attached hydrogen (secondary N) is 1. The molecule has 1 aromatic rings. The molecule has 0 saturated carbocycles. The van der Waals surface area contributed by atoms with Crippen molar-refractivity contribution >= 4 is 16.9 Å². The van der Waals surface area contributed by atoms with E-state index in [4.69, 9.17) is 0 Å². The van der Waals surface area contributed by atoms with E-state index in [1.54, 1.807) is 0 Å². The summed E-state index contributed by atoms with van der Waals surface area (Å²) in [6, 6.07) is 9.22. The summed E-state index contributed by atoms with van der Waals surface area (Å²) >= 11 is 1.85. The third-order valence-corrected chi connectivity index (χ3v) is 4.64. The standard InChI is InChI=1S/C15H22N2S/c1-11-5-4-6-14(9-11)7-8-16-15-17-13(3)12(2)10-18-15/h4-6,9,12-13H,7-8,10H2,1-3H3,(H,16,17). The summed E-state index contributed by atoms with van der Waals surface area (Å²) in [7, 11) is 0. The first-order valence-electron chi connectivity index (χ1n) is 6.64. The van der Waals surface area contributed by atoms with Crippen molar-refractivity contribution in [3.8, 4) is 0 Å². The van der Waals surface area contributed by atoms with Gasteiger partial charge in [0.15, 0.2) is 5.17 Å². The monoisotopic (exact) mass is 262 g/mol. The highest BCUT2D eigenvalue weighted by atomic mass is 32.2. The molecule has 3 heteroatoms. The Hall–Kier alpha value is -0.960. The van der Waals surface area contributed by atoms with Crippen LogP contribution in [-0.4, -0.2) is 23.5 Å². The van der Waals surface area contributed by atoms with Crippen molar-refractivity contribution in [2.45, 2.75) is 33.2 Å². The van der Waals surface area contributed by atoms with Gasteiger partial charge in [0.05, 0.1) is 0 Å². The highest BCUT2D eigenvalue weighted by Crippen LogP contribution is 2.19. The molecule has 2 atom stereocenters. The summed E-state index contributed by atoms with van der Waals surface area (Å²) in [6.07, 6.45) is 1.03. The van der Waals surface area contributed by atoms with E-state index in [9.17, 15) is 0 Å². The zero-order chi connectivity index (χ0) is 13.0. The van der Waals surface area contributed by atoms with Crippen LogP contribution in [0.1, 0.15) is 25.0 Å². The van der Waals surface area contributed by atoms with Gasteiger partial charge in [-0.3, -0.25) is 4.99 Å². The largest absolute Gasteiger partial charge is 0.362 e. The molecule has 98 valence electrons. The third-order valence-electron chi connectivity index (χ3n) is 3.43. The first-order chi connectivity index (χ1) is 8.65. The van der Waals surface area contributed by atoms with Gasteiger partial charge in [-0.2, -0.15) is 0 Å². The van der Waals surface area contributed by atoms with Crippen molar-refractivity contribution in [1.29, 1.82) is 0 Å². The number of rotatable bonds is 3. The zero-order valence-electron chi connectivity index (χ0n) is 11.4. The van der Waals surface area contributed by atoms with Crippen molar-refractivity contribution in [3.05, 3.63) is 35.4 Å². The molecule has 1 fully saturated rings. The molecule has 1 aliphatic rings. The van der Waals surface area contributed by atoms with Crippen molar-refractivity contribution in [2.75, 3.05) is 12.3 Å². The summed E-state index contributed by atoms with van der Waals surface area (Å²) < 4.78 is 0. The normalized spacial score (nSPS) is 26.1. The summed E-state index contributed by atoms with van der Waals surface area (Å²) in [4.78, 5) is 4.66. The molecule has 0 bridgehead atoms. The molecule has 1 aliphatic heterocycles. The number of aliphatic imine (C=N–C) groups is 1. The van der Waals surface area contributed by atoms with Crippen LogP contribution in [0.5, 0.6) is 0 Å². The van der Waals surface area contributed by atoms with Gasteiger partial charge < -0.3 is 5.32 Å². The topological polar surface area (TPSA) is 24.4 Å². The average molecular weight is 262 g/mol. The molecule has 18 heavy (non-hydrogen) atoms. The molecular formula is C15H22N2S. The minimum Gasteiger partial charge on any atom is -0.362 e. The SMILES string of the molecule is Cc1cccc(CCN=C2NC(C)C(C)CS2)c1. The third kappa shape index (κ3) is 3.77. The molecule has 2 nitrogen and oxygen atoms in total. The van der Waals surface area contributed by atoms with Gasteiger partial charge in [0.2, 0.25) is 0 Å². The van der Waals surface area contributed by atoms with Crippen LogP contribution in [0, 0.1) is 12.8 Å². The Morgan fingerprint density at radius 1 is 1.39 bits per heavy atom. The lowest BCUT2D eigenvalue weighted by molar-refractivity contribution is 0.490. The molecular weight excluding hydrogens is 240 g/mol. The van der Waals surface area contributed by atoms with Crippen molar-refractivity contribution in [3.63, 3.8) is 0 Å². The fourth-order valence-corrected chi connectivity index (χ4v) is 3.14. The molecule has 1 heterocycles.